The lowest BCUT2D eigenvalue weighted by Gasteiger charge is -2.32. The van der Waals surface area contributed by atoms with Crippen molar-refractivity contribution < 1.29 is 0 Å². The molecular formula is C6H13N. The third-order valence-electron chi connectivity index (χ3n) is 2.10. The van der Waals surface area contributed by atoms with E-state index in [-0.39, 0.29) is 0 Å². The van der Waals surface area contributed by atoms with E-state index in [1.54, 1.807) is 0 Å². The molecule has 1 saturated carbocycles. The van der Waals surface area contributed by atoms with Crippen molar-refractivity contribution in [3.05, 3.63) is 0 Å². The molecule has 1 fully saturated rings. The Morgan fingerprint density at radius 2 is 2.29 bits per heavy atom. The van der Waals surface area contributed by atoms with E-state index in [9.17, 15) is 0 Å². The molecule has 0 amide bonds. The number of nitrogens with two attached hydrogens (primary N) is 1. The molecule has 0 aromatic heterocycles. The van der Waals surface area contributed by atoms with Crippen molar-refractivity contribution in [2.75, 3.05) is 6.54 Å². The molecule has 1 unspecified atom stereocenters. The summed E-state index contributed by atoms with van der Waals surface area (Å²) in [5.74, 6) is 1.78. The van der Waals surface area contributed by atoms with E-state index in [1.807, 2.05) is 0 Å². The van der Waals surface area contributed by atoms with E-state index in [2.05, 4.69) is 6.92 Å². The first kappa shape index (κ1) is 5.10. The molecule has 1 aliphatic carbocycles. The zero-order valence-electron chi connectivity index (χ0n) is 4.85. The van der Waals surface area contributed by atoms with E-state index < -0.39 is 0 Å². The van der Waals surface area contributed by atoms with Gasteiger partial charge in [-0.1, -0.05) is 13.3 Å². The van der Waals surface area contributed by atoms with Gasteiger partial charge in [0.15, 0.2) is 0 Å². The van der Waals surface area contributed by atoms with Gasteiger partial charge in [-0.15, -0.1) is 0 Å². The highest BCUT2D eigenvalue weighted by Gasteiger charge is 2.24. The number of hydrogen-bond donors (Lipinski definition) is 1. The first-order valence-corrected chi connectivity index (χ1v) is 3.04. The average molecular weight is 99.2 g/mol. The zero-order valence-corrected chi connectivity index (χ0v) is 4.85. The quantitative estimate of drug-likeness (QED) is 0.521. The van der Waals surface area contributed by atoms with Crippen LogP contribution in [-0.4, -0.2) is 6.54 Å². The average Bonchev–Trinajstić information content (AvgIpc) is 1.65. The summed E-state index contributed by atoms with van der Waals surface area (Å²) in [5, 5.41) is 0. The van der Waals surface area contributed by atoms with Crippen LogP contribution in [0.5, 0.6) is 0 Å². The Kier molecular flexibility index (Phi) is 1.33. The Bertz CT molecular complexity index is 59.2. The summed E-state index contributed by atoms with van der Waals surface area (Å²) in [4.78, 5) is 0. The van der Waals surface area contributed by atoms with E-state index in [0.717, 1.165) is 18.4 Å². The van der Waals surface area contributed by atoms with Gasteiger partial charge in [0.1, 0.15) is 0 Å². The Labute approximate surface area is 44.9 Å². The molecule has 0 aromatic carbocycles. The summed E-state index contributed by atoms with van der Waals surface area (Å²) < 4.78 is 0. The van der Waals surface area contributed by atoms with Crippen molar-refractivity contribution >= 4 is 0 Å². The highest BCUT2D eigenvalue weighted by Crippen LogP contribution is 2.31. The second-order valence-corrected chi connectivity index (χ2v) is 2.55. The van der Waals surface area contributed by atoms with Gasteiger partial charge < -0.3 is 5.73 Å². The summed E-state index contributed by atoms with van der Waals surface area (Å²) in [6.45, 7) is 3.18. The van der Waals surface area contributed by atoms with Crippen LogP contribution < -0.4 is 5.73 Å². The fourth-order valence-corrected chi connectivity index (χ4v) is 1.09. The predicted octanol–water partition coefficient (Wildman–Crippen LogP) is 0.991. The van der Waals surface area contributed by atoms with Crippen molar-refractivity contribution in [1.29, 1.82) is 0 Å². The van der Waals surface area contributed by atoms with Gasteiger partial charge in [0.25, 0.3) is 0 Å². The monoisotopic (exact) mass is 99.1 g/mol. The molecule has 0 bridgehead atoms. The van der Waals surface area contributed by atoms with Gasteiger partial charge >= 0.3 is 0 Å². The Hall–Kier alpha value is -0.0400. The summed E-state index contributed by atoms with van der Waals surface area (Å²) >= 11 is 0. The topological polar surface area (TPSA) is 26.0 Å². The molecule has 1 aliphatic rings. The van der Waals surface area contributed by atoms with E-state index in [0.29, 0.717) is 0 Å². The third kappa shape index (κ3) is 0.778. The largest absolute Gasteiger partial charge is 0.330 e. The fraction of sp³-hybridized carbons (Fsp3) is 1.00. The van der Waals surface area contributed by atoms with Gasteiger partial charge in [-0.05, 0) is 24.8 Å². The lowest BCUT2D eigenvalue weighted by molar-refractivity contribution is 0.205. The molecule has 2 N–H and O–H groups in total. The number of hydrogen-bond acceptors (Lipinski definition) is 1. The van der Waals surface area contributed by atoms with Gasteiger partial charge in [0.05, 0.1) is 0 Å². The molecule has 0 saturated heterocycles. The van der Waals surface area contributed by atoms with Crippen molar-refractivity contribution in [3.8, 4) is 0 Å². The lowest BCUT2D eigenvalue weighted by atomic mass is 9.75. The first-order chi connectivity index (χ1) is 3.34. The molecule has 1 rings (SSSR count). The van der Waals surface area contributed by atoms with Crippen LogP contribution in [0.3, 0.4) is 0 Å². The standard InChI is InChI=1S/C6H13N/c1-5-2-3-6(5)4-7/h5-6H,2-4,7H2,1H3/t5-,6?/m0/s1. The molecule has 7 heavy (non-hydrogen) atoms. The maximum Gasteiger partial charge on any atom is -0.00463 e. The Balaban J connectivity index is 2.16. The normalized spacial score (nSPS) is 40.3. The zero-order chi connectivity index (χ0) is 5.28. The fourth-order valence-electron chi connectivity index (χ4n) is 1.09. The number of rotatable bonds is 1. The summed E-state index contributed by atoms with van der Waals surface area (Å²) in [7, 11) is 0. The van der Waals surface area contributed by atoms with Crippen molar-refractivity contribution in [2.24, 2.45) is 17.6 Å². The second-order valence-electron chi connectivity index (χ2n) is 2.55. The predicted molar refractivity (Wildman–Crippen MR) is 30.9 cm³/mol. The molecule has 0 aromatic rings. The molecule has 42 valence electrons. The van der Waals surface area contributed by atoms with Gasteiger partial charge in [0.2, 0.25) is 0 Å². The van der Waals surface area contributed by atoms with Crippen LogP contribution in [0.2, 0.25) is 0 Å². The smallest absolute Gasteiger partial charge is 0.00463 e. The SMILES string of the molecule is C[C@H]1CCC1CN. The maximum atomic E-state index is 5.42. The van der Waals surface area contributed by atoms with Gasteiger partial charge in [-0.25, -0.2) is 0 Å². The van der Waals surface area contributed by atoms with Crippen molar-refractivity contribution in [3.63, 3.8) is 0 Å². The highest BCUT2D eigenvalue weighted by molar-refractivity contribution is 4.77. The molecule has 1 heteroatoms. The minimum Gasteiger partial charge on any atom is -0.330 e. The Morgan fingerprint density at radius 3 is 2.29 bits per heavy atom. The lowest BCUT2D eigenvalue weighted by Crippen LogP contribution is -2.29. The van der Waals surface area contributed by atoms with Crippen LogP contribution in [0.15, 0.2) is 0 Å². The van der Waals surface area contributed by atoms with Crippen molar-refractivity contribution in [2.45, 2.75) is 19.8 Å². The Morgan fingerprint density at radius 1 is 1.57 bits per heavy atom. The van der Waals surface area contributed by atoms with Crippen LogP contribution in [0, 0.1) is 11.8 Å². The first-order valence-electron chi connectivity index (χ1n) is 3.04. The van der Waals surface area contributed by atoms with Crippen LogP contribution in [-0.2, 0) is 0 Å². The van der Waals surface area contributed by atoms with Crippen LogP contribution >= 0.6 is 0 Å². The van der Waals surface area contributed by atoms with E-state index >= 15 is 0 Å². The summed E-state index contributed by atoms with van der Waals surface area (Å²) in [5.41, 5.74) is 5.42. The minimum absolute atomic E-state index is 0.861. The molecule has 0 radical (unpaired) electrons. The molecule has 0 heterocycles. The van der Waals surface area contributed by atoms with Gasteiger partial charge in [-0.2, -0.15) is 0 Å². The van der Waals surface area contributed by atoms with E-state index in [1.165, 1.54) is 12.8 Å². The second kappa shape index (κ2) is 1.83. The van der Waals surface area contributed by atoms with E-state index in [4.69, 9.17) is 5.73 Å². The molecule has 1 nitrogen and oxygen atoms in total. The minimum atomic E-state index is 0.861. The molecular weight excluding hydrogens is 86.1 g/mol. The molecule has 0 spiro atoms. The molecule has 2 atom stereocenters. The third-order valence-corrected chi connectivity index (χ3v) is 2.10. The van der Waals surface area contributed by atoms with Gasteiger partial charge in [0, 0.05) is 0 Å². The maximum absolute atomic E-state index is 5.42. The van der Waals surface area contributed by atoms with Crippen LogP contribution in [0.25, 0.3) is 0 Å². The van der Waals surface area contributed by atoms with Crippen LogP contribution in [0.1, 0.15) is 19.8 Å². The van der Waals surface area contributed by atoms with Gasteiger partial charge in [-0.3, -0.25) is 0 Å². The summed E-state index contributed by atoms with van der Waals surface area (Å²) in [6.07, 6.45) is 2.78. The summed E-state index contributed by atoms with van der Waals surface area (Å²) in [6, 6.07) is 0. The molecule has 0 aliphatic heterocycles. The highest BCUT2D eigenvalue weighted by atomic mass is 14.6. The van der Waals surface area contributed by atoms with Crippen LogP contribution in [0.4, 0.5) is 0 Å². The van der Waals surface area contributed by atoms with Crippen molar-refractivity contribution in [1.82, 2.24) is 0 Å².